The maximum atomic E-state index is 12.9. The Morgan fingerprint density at radius 1 is 1.16 bits per heavy atom. The van der Waals surface area contributed by atoms with E-state index in [0.29, 0.717) is 12.0 Å². The number of aromatic nitrogens is 2. The lowest BCUT2D eigenvalue weighted by Gasteiger charge is -2.37. The summed E-state index contributed by atoms with van der Waals surface area (Å²) < 4.78 is 1.87. The van der Waals surface area contributed by atoms with E-state index in [1.165, 1.54) is 5.56 Å². The van der Waals surface area contributed by atoms with Gasteiger partial charge in [0.2, 0.25) is 5.91 Å². The van der Waals surface area contributed by atoms with Crippen molar-refractivity contribution >= 4 is 5.91 Å². The lowest BCUT2D eigenvalue weighted by atomic mass is 9.90. The highest BCUT2D eigenvalue weighted by Crippen LogP contribution is 2.33. The van der Waals surface area contributed by atoms with Crippen molar-refractivity contribution in [3.63, 3.8) is 0 Å². The largest absolute Gasteiger partial charge is 0.352 e. The van der Waals surface area contributed by atoms with Crippen molar-refractivity contribution in [3.8, 4) is 0 Å². The van der Waals surface area contributed by atoms with Gasteiger partial charge in [-0.25, -0.2) is 0 Å². The number of nitrogens with one attached hydrogen (secondary N) is 1. The molecule has 1 amide bonds. The molecule has 0 spiro atoms. The Morgan fingerprint density at radius 2 is 1.88 bits per heavy atom. The second kappa shape index (κ2) is 7.00. The molecule has 1 aromatic heterocycles. The zero-order valence-corrected chi connectivity index (χ0v) is 14.8. The van der Waals surface area contributed by atoms with Crippen LogP contribution in [0.15, 0.2) is 42.7 Å². The first-order chi connectivity index (χ1) is 12.2. The minimum Gasteiger partial charge on any atom is -0.352 e. The van der Waals surface area contributed by atoms with E-state index >= 15 is 0 Å². The van der Waals surface area contributed by atoms with Crippen LogP contribution in [0.2, 0.25) is 0 Å². The van der Waals surface area contributed by atoms with Crippen LogP contribution in [0.4, 0.5) is 0 Å². The predicted octanol–water partition coefficient (Wildman–Crippen LogP) is 2.62. The summed E-state index contributed by atoms with van der Waals surface area (Å²) in [5.74, 6) is 0.710. The Kier molecular flexibility index (Phi) is 4.57. The second-order valence-corrected chi connectivity index (χ2v) is 7.35. The van der Waals surface area contributed by atoms with E-state index < -0.39 is 0 Å². The average Bonchev–Trinajstić information content (AvgIpc) is 3.34. The molecule has 1 aliphatic carbocycles. The van der Waals surface area contributed by atoms with Crippen molar-refractivity contribution in [2.75, 3.05) is 13.1 Å². The highest BCUT2D eigenvalue weighted by atomic mass is 16.2. The number of piperidine rings is 1. The molecule has 1 saturated carbocycles. The van der Waals surface area contributed by atoms with Gasteiger partial charge in [-0.3, -0.25) is 14.4 Å². The van der Waals surface area contributed by atoms with Crippen molar-refractivity contribution in [3.05, 3.63) is 53.9 Å². The molecule has 1 N–H and O–H groups in total. The Balaban J connectivity index is 1.47. The Morgan fingerprint density at radius 3 is 2.48 bits per heavy atom. The fourth-order valence-electron chi connectivity index (χ4n) is 3.81. The van der Waals surface area contributed by atoms with Gasteiger partial charge >= 0.3 is 0 Å². The molecule has 132 valence electrons. The molecule has 1 unspecified atom stereocenters. The quantitative estimate of drug-likeness (QED) is 0.912. The molecular formula is C20H26N4O. The first kappa shape index (κ1) is 16.3. The van der Waals surface area contributed by atoms with Gasteiger partial charge < -0.3 is 5.32 Å². The molecule has 4 rings (SSSR count). The maximum Gasteiger partial charge on any atom is 0.242 e. The third-order valence-electron chi connectivity index (χ3n) is 5.38. The van der Waals surface area contributed by atoms with E-state index in [2.05, 4.69) is 33.6 Å². The fourth-order valence-corrected chi connectivity index (χ4v) is 3.81. The number of rotatable bonds is 5. The molecular weight excluding hydrogens is 312 g/mol. The summed E-state index contributed by atoms with van der Waals surface area (Å²) in [6.07, 6.45) is 8.49. The number of nitrogens with zero attached hydrogens (tertiary/aromatic N) is 3. The van der Waals surface area contributed by atoms with E-state index in [1.54, 1.807) is 0 Å². The van der Waals surface area contributed by atoms with Crippen molar-refractivity contribution in [1.82, 2.24) is 20.0 Å². The average molecular weight is 338 g/mol. The maximum absolute atomic E-state index is 12.9. The second-order valence-electron chi connectivity index (χ2n) is 7.35. The minimum absolute atomic E-state index is 0.161. The molecule has 2 heterocycles. The summed E-state index contributed by atoms with van der Waals surface area (Å²) in [4.78, 5) is 15.2. The van der Waals surface area contributed by atoms with E-state index in [1.807, 2.05) is 36.1 Å². The monoisotopic (exact) mass is 338 g/mol. The van der Waals surface area contributed by atoms with Crippen molar-refractivity contribution < 1.29 is 4.79 Å². The van der Waals surface area contributed by atoms with Gasteiger partial charge in [0.15, 0.2) is 0 Å². The molecule has 5 heteroatoms. The van der Waals surface area contributed by atoms with E-state index in [0.717, 1.165) is 44.3 Å². The molecule has 2 aromatic rings. The first-order valence-electron chi connectivity index (χ1n) is 9.28. The number of carbonyl (C=O) groups is 1. The summed E-state index contributed by atoms with van der Waals surface area (Å²) in [5, 5.41) is 7.50. The molecule has 0 bridgehead atoms. The number of aryl methyl sites for hydroxylation is 1. The molecule has 1 aliphatic heterocycles. The number of amides is 1. The van der Waals surface area contributed by atoms with Crippen LogP contribution in [-0.2, 0) is 11.8 Å². The summed E-state index contributed by atoms with van der Waals surface area (Å²) in [6, 6.07) is 10.4. The lowest BCUT2D eigenvalue weighted by Crippen LogP contribution is -2.44. The highest BCUT2D eigenvalue weighted by Gasteiger charge is 2.34. The molecule has 1 saturated heterocycles. The molecule has 5 nitrogen and oxygen atoms in total. The Labute approximate surface area is 149 Å². The fraction of sp³-hybridized carbons (Fsp3) is 0.500. The van der Waals surface area contributed by atoms with Gasteiger partial charge in [0.25, 0.3) is 0 Å². The van der Waals surface area contributed by atoms with Crippen LogP contribution in [0.3, 0.4) is 0 Å². The molecule has 25 heavy (non-hydrogen) atoms. The van der Waals surface area contributed by atoms with Gasteiger partial charge in [0.1, 0.15) is 6.04 Å². The summed E-state index contributed by atoms with van der Waals surface area (Å²) >= 11 is 0. The number of likely N-dealkylation sites (tertiary alicyclic amines) is 1. The Bertz CT molecular complexity index is 714. The summed E-state index contributed by atoms with van der Waals surface area (Å²) in [6.45, 7) is 1.88. The topological polar surface area (TPSA) is 50.2 Å². The van der Waals surface area contributed by atoms with Gasteiger partial charge in [-0.15, -0.1) is 0 Å². The van der Waals surface area contributed by atoms with Crippen LogP contribution < -0.4 is 5.32 Å². The SMILES string of the molecule is Cn1cc(C2CCN(C(C(=O)NC3CC3)c3ccccc3)CC2)cn1. The predicted molar refractivity (Wildman–Crippen MR) is 97.1 cm³/mol. The van der Waals surface area contributed by atoms with Crippen molar-refractivity contribution in [1.29, 1.82) is 0 Å². The standard InChI is InChI=1S/C20H26N4O/c1-23-14-17(13-21-23)15-9-11-24(12-10-15)19(16-5-3-2-4-6-16)20(25)22-18-7-8-18/h2-6,13-15,18-19H,7-12H2,1H3,(H,22,25). The van der Waals surface area contributed by atoms with Gasteiger partial charge in [-0.05, 0) is 55.8 Å². The number of carbonyl (C=O) groups excluding carboxylic acids is 1. The molecule has 0 radical (unpaired) electrons. The van der Waals surface area contributed by atoms with E-state index in [9.17, 15) is 4.79 Å². The van der Waals surface area contributed by atoms with E-state index in [4.69, 9.17) is 0 Å². The van der Waals surface area contributed by atoms with Gasteiger partial charge in [-0.1, -0.05) is 30.3 Å². The number of hydrogen-bond acceptors (Lipinski definition) is 3. The van der Waals surface area contributed by atoms with Gasteiger partial charge in [-0.2, -0.15) is 5.10 Å². The lowest BCUT2D eigenvalue weighted by molar-refractivity contribution is -0.127. The van der Waals surface area contributed by atoms with Gasteiger partial charge in [0.05, 0.1) is 6.20 Å². The zero-order valence-electron chi connectivity index (χ0n) is 14.8. The summed E-state index contributed by atoms with van der Waals surface area (Å²) in [7, 11) is 1.96. The van der Waals surface area contributed by atoms with Crippen LogP contribution >= 0.6 is 0 Å². The molecule has 2 fully saturated rings. The molecule has 1 aromatic carbocycles. The summed E-state index contributed by atoms with van der Waals surface area (Å²) in [5.41, 5.74) is 2.42. The van der Waals surface area contributed by atoms with Crippen molar-refractivity contribution in [2.24, 2.45) is 7.05 Å². The van der Waals surface area contributed by atoms with Crippen LogP contribution in [0.5, 0.6) is 0 Å². The minimum atomic E-state index is -0.170. The third kappa shape index (κ3) is 3.76. The van der Waals surface area contributed by atoms with E-state index in [-0.39, 0.29) is 11.9 Å². The van der Waals surface area contributed by atoms with Crippen LogP contribution in [0.25, 0.3) is 0 Å². The van der Waals surface area contributed by atoms with Crippen LogP contribution in [0, 0.1) is 0 Å². The molecule has 2 aliphatic rings. The molecule has 1 atom stereocenters. The highest BCUT2D eigenvalue weighted by molar-refractivity contribution is 5.83. The zero-order chi connectivity index (χ0) is 17.2. The first-order valence-corrected chi connectivity index (χ1v) is 9.28. The van der Waals surface area contributed by atoms with Crippen LogP contribution in [-0.4, -0.2) is 39.7 Å². The van der Waals surface area contributed by atoms with Crippen LogP contribution in [0.1, 0.15) is 48.8 Å². The Hall–Kier alpha value is -2.14. The normalized spacial score (nSPS) is 20.4. The number of hydrogen-bond donors (Lipinski definition) is 1. The smallest absolute Gasteiger partial charge is 0.242 e. The third-order valence-corrected chi connectivity index (χ3v) is 5.38. The van der Waals surface area contributed by atoms with Crippen molar-refractivity contribution in [2.45, 2.75) is 43.7 Å². The van der Waals surface area contributed by atoms with Gasteiger partial charge in [0, 0.05) is 19.3 Å². The number of benzene rings is 1.